The van der Waals surface area contributed by atoms with Crippen molar-refractivity contribution in [2.75, 3.05) is 20.1 Å². The number of nitrogens with one attached hydrogen (secondary N) is 1. The topological polar surface area (TPSA) is 110 Å². The van der Waals surface area contributed by atoms with E-state index >= 15 is 0 Å². The summed E-state index contributed by atoms with van der Waals surface area (Å²) in [6.07, 6.45) is 0. The van der Waals surface area contributed by atoms with E-state index in [9.17, 15) is 16.8 Å². The van der Waals surface area contributed by atoms with Gasteiger partial charge in [0.2, 0.25) is 20.0 Å². The highest BCUT2D eigenvalue weighted by Crippen LogP contribution is 2.22. The van der Waals surface area contributed by atoms with E-state index in [1.807, 2.05) is 6.92 Å². The third-order valence-electron chi connectivity index (χ3n) is 3.69. The van der Waals surface area contributed by atoms with Gasteiger partial charge >= 0.3 is 0 Å². The van der Waals surface area contributed by atoms with Gasteiger partial charge in [0, 0.05) is 20.1 Å². The molecule has 2 aromatic rings. The molecule has 8 nitrogen and oxygen atoms in total. The van der Waals surface area contributed by atoms with Crippen molar-refractivity contribution in [1.29, 1.82) is 0 Å². The summed E-state index contributed by atoms with van der Waals surface area (Å²) in [6.45, 7) is 4.82. The second kappa shape index (κ2) is 7.24. The zero-order valence-electron chi connectivity index (χ0n) is 14.5. The van der Waals surface area contributed by atoms with Gasteiger partial charge < -0.3 is 4.52 Å². The van der Waals surface area contributed by atoms with Crippen molar-refractivity contribution in [1.82, 2.24) is 14.2 Å². The first-order chi connectivity index (χ1) is 11.6. The van der Waals surface area contributed by atoms with E-state index < -0.39 is 20.0 Å². The van der Waals surface area contributed by atoms with Crippen LogP contribution in [0.3, 0.4) is 0 Å². The molecule has 0 amide bonds. The van der Waals surface area contributed by atoms with Gasteiger partial charge in [0.15, 0.2) is 5.76 Å². The zero-order valence-corrected chi connectivity index (χ0v) is 16.1. The number of hydrogen-bond donors (Lipinski definition) is 1. The van der Waals surface area contributed by atoms with Gasteiger partial charge in [0.1, 0.15) is 10.6 Å². The first-order valence-electron chi connectivity index (χ1n) is 7.51. The minimum absolute atomic E-state index is 0.0105. The molecule has 138 valence electrons. The van der Waals surface area contributed by atoms with Gasteiger partial charge in [-0.25, -0.2) is 21.6 Å². The summed E-state index contributed by atoms with van der Waals surface area (Å²) in [6, 6.07) is 6.40. The third kappa shape index (κ3) is 4.27. The number of sulfonamides is 2. The highest BCUT2D eigenvalue weighted by Gasteiger charge is 2.28. The summed E-state index contributed by atoms with van der Waals surface area (Å²) in [7, 11) is -6.12. The number of nitrogens with zero attached hydrogens (tertiary/aromatic N) is 2. The van der Waals surface area contributed by atoms with Gasteiger partial charge in [-0.1, -0.05) is 22.9 Å². The lowest BCUT2D eigenvalue weighted by molar-refractivity contribution is 0.389. The molecule has 1 aromatic heterocycles. The van der Waals surface area contributed by atoms with E-state index in [-0.39, 0.29) is 34.3 Å². The fourth-order valence-corrected chi connectivity index (χ4v) is 4.73. The second-order valence-corrected chi connectivity index (χ2v) is 9.44. The molecule has 0 bridgehead atoms. The van der Waals surface area contributed by atoms with E-state index in [0.29, 0.717) is 0 Å². The normalized spacial score (nSPS) is 12.7. The van der Waals surface area contributed by atoms with E-state index in [0.717, 1.165) is 9.87 Å². The van der Waals surface area contributed by atoms with Crippen LogP contribution in [0.2, 0.25) is 0 Å². The molecule has 1 aromatic carbocycles. The molecular weight excluding hydrogens is 366 g/mol. The fraction of sp³-hybridized carbons (Fsp3) is 0.400. The maximum absolute atomic E-state index is 12.5. The molecule has 0 unspecified atom stereocenters. The molecule has 0 fully saturated rings. The highest BCUT2D eigenvalue weighted by molar-refractivity contribution is 7.89. The second-order valence-electron chi connectivity index (χ2n) is 5.69. The first kappa shape index (κ1) is 19.6. The standard InChI is InChI=1S/C15H21N3O5S2/c1-11-5-7-14(8-6-11)24(19,20)16-9-10-18(4)25(21,22)15-12(2)17-23-13(15)3/h5-8,16H,9-10H2,1-4H3. The van der Waals surface area contributed by atoms with Gasteiger partial charge in [0.05, 0.1) is 4.90 Å². The predicted octanol–water partition coefficient (Wildman–Crippen LogP) is 1.20. The Kier molecular flexibility index (Phi) is 5.67. The van der Waals surface area contributed by atoms with Crippen molar-refractivity contribution in [2.24, 2.45) is 0 Å². The van der Waals surface area contributed by atoms with Gasteiger partial charge in [-0.3, -0.25) is 0 Å². The highest BCUT2D eigenvalue weighted by atomic mass is 32.2. The smallest absolute Gasteiger partial charge is 0.248 e. The molecule has 2 rings (SSSR count). The molecule has 0 aliphatic rings. The van der Waals surface area contributed by atoms with Crippen molar-refractivity contribution in [3.8, 4) is 0 Å². The number of benzene rings is 1. The van der Waals surface area contributed by atoms with Crippen LogP contribution in [0.25, 0.3) is 0 Å². The molecule has 0 spiro atoms. The van der Waals surface area contributed by atoms with Gasteiger partial charge in [-0.15, -0.1) is 0 Å². The van der Waals surface area contributed by atoms with Crippen LogP contribution in [0.4, 0.5) is 0 Å². The minimum atomic E-state index is -3.80. The summed E-state index contributed by atoms with van der Waals surface area (Å²) < 4.78 is 57.9. The van der Waals surface area contributed by atoms with Crippen LogP contribution in [-0.4, -0.2) is 46.4 Å². The summed E-state index contributed by atoms with van der Waals surface area (Å²) in [5.41, 5.74) is 1.22. The molecule has 10 heteroatoms. The monoisotopic (exact) mass is 387 g/mol. The quantitative estimate of drug-likeness (QED) is 0.764. The van der Waals surface area contributed by atoms with Gasteiger partial charge in [0.25, 0.3) is 0 Å². The van der Waals surface area contributed by atoms with E-state index in [1.165, 1.54) is 33.0 Å². The van der Waals surface area contributed by atoms with Gasteiger partial charge in [-0.2, -0.15) is 4.31 Å². The van der Waals surface area contributed by atoms with E-state index in [4.69, 9.17) is 4.52 Å². The van der Waals surface area contributed by atoms with Crippen molar-refractivity contribution >= 4 is 20.0 Å². The molecule has 0 saturated heterocycles. The maximum Gasteiger partial charge on any atom is 0.248 e. The van der Waals surface area contributed by atoms with Crippen LogP contribution < -0.4 is 4.72 Å². The lowest BCUT2D eigenvalue weighted by Gasteiger charge is -2.17. The number of aromatic nitrogens is 1. The average Bonchev–Trinajstić information content (AvgIpc) is 2.87. The van der Waals surface area contributed by atoms with E-state index in [1.54, 1.807) is 12.1 Å². The van der Waals surface area contributed by atoms with Crippen molar-refractivity contribution in [3.05, 3.63) is 41.3 Å². The largest absolute Gasteiger partial charge is 0.360 e. The molecule has 0 aliphatic carbocycles. The predicted molar refractivity (Wildman–Crippen MR) is 92.2 cm³/mol. The Morgan fingerprint density at radius 2 is 1.68 bits per heavy atom. The van der Waals surface area contributed by atoms with Crippen LogP contribution in [-0.2, 0) is 20.0 Å². The summed E-state index contributed by atoms with van der Waals surface area (Å²) in [4.78, 5) is 0.144. The molecule has 1 heterocycles. The third-order valence-corrected chi connectivity index (χ3v) is 7.27. The van der Waals surface area contributed by atoms with Crippen molar-refractivity contribution in [3.63, 3.8) is 0 Å². The molecular formula is C15H21N3O5S2. The van der Waals surface area contributed by atoms with Crippen LogP contribution >= 0.6 is 0 Å². The molecule has 25 heavy (non-hydrogen) atoms. The SMILES string of the molecule is Cc1ccc(S(=O)(=O)NCCN(C)S(=O)(=O)c2c(C)noc2C)cc1. The van der Waals surface area contributed by atoms with Crippen molar-refractivity contribution in [2.45, 2.75) is 30.6 Å². The zero-order chi connectivity index (χ0) is 18.8. The number of hydrogen-bond acceptors (Lipinski definition) is 6. The number of rotatable bonds is 7. The first-order valence-corrected chi connectivity index (χ1v) is 10.4. The van der Waals surface area contributed by atoms with Crippen molar-refractivity contribution < 1.29 is 21.4 Å². The average molecular weight is 387 g/mol. The fourth-order valence-electron chi connectivity index (χ4n) is 2.26. The summed E-state index contributed by atoms with van der Waals surface area (Å²) >= 11 is 0. The van der Waals surface area contributed by atoms with E-state index in [2.05, 4.69) is 9.88 Å². The molecule has 1 N–H and O–H groups in total. The van der Waals surface area contributed by atoms with Crippen LogP contribution in [0.5, 0.6) is 0 Å². The number of likely N-dealkylation sites (N-methyl/N-ethyl adjacent to an activating group) is 1. The Labute approximate surface area is 147 Å². The lowest BCUT2D eigenvalue weighted by atomic mass is 10.2. The minimum Gasteiger partial charge on any atom is -0.360 e. The lowest BCUT2D eigenvalue weighted by Crippen LogP contribution is -2.36. The summed E-state index contributed by atoms with van der Waals surface area (Å²) in [5.74, 6) is 0.199. The van der Waals surface area contributed by atoms with Crippen LogP contribution in [0.15, 0.2) is 38.6 Å². The number of aryl methyl sites for hydroxylation is 3. The maximum atomic E-state index is 12.5. The molecule has 0 atom stereocenters. The molecule has 0 radical (unpaired) electrons. The molecule has 0 saturated carbocycles. The van der Waals surface area contributed by atoms with Gasteiger partial charge in [-0.05, 0) is 32.9 Å². The Balaban J connectivity index is 2.05. The Morgan fingerprint density at radius 1 is 1.08 bits per heavy atom. The summed E-state index contributed by atoms with van der Waals surface area (Å²) in [5, 5.41) is 3.64. The Bertz CT molecular complexity index is 928. The Morgan fingerprint density at radius 3 is 2.20 bits per heavy atom. The molecule has 0 aliphatic heterocycles. The van der Waals surface area contributed by atoms with Crippen LogP contribution in [0, 0.1) is 20.8 Å². The van der Waals surface area contributed by atoms with Crippen LogP contribution in [0.1, 0.15) is 17.0 Å². The Hall–Kier alpha value is -1.75.